The summed E-state index contributed by atoms with van der Waals surface area (Å²) in [6.07, 6.45) is 4.17. The van der Waals surface area contributed by atoms with Crippen molar-refractivity contribution in [2.45, 2.75) is 39.7 Å². The number of nitrogens with zero attached hydrogens (tertiary/aromatic N) is 1. The Morgan fingerprint density at radius 3 is 2.68 bits per heavy atom. The van der Waals surface area contributed by atoms with Crippen LogP contribution in [0.15, 0.2) is 30.5 Å². The topological polar surface area (TPSA) is 50.9 Å². The van der Waals surface area contributed by atoms with Crippen molar-refractivity contribution in [3.63, 3.8) is 0 Å². The van der Waals surface area contributed by atoms with Crippen molar-refractivity contribution < 1.29 is 0 Å². The molecule has 1 aromatic heterocycles. The Labute approximate surface area is 115 Å². The summed E-state index contributed by atoms with van der Waals surface area (Å²) in [5.74, 6) is 0.738. The van der Waals surface area contributed by atoms with Crippen LogP contribution in [0.25, 0.3) is 10.9 Å². The largest absolute Gasteiger partial charge is 0.397 e. The van der Waals surface area contributed by atoms with Crippen LogP contribution >= 0.6 is 0 Å². The predicted molar refractivity (Wildman–Crippen MR) is 83.3 cm³/mol. The maximum Gasteiger partial charge on any atom is 0.0724 e. The number of nitrogen functional groups attached to an aromatic ring is 1. The Morgan fingerprint density at radius 2 is 1.95 bits per heavy atom. The van der Waals surface area contributed by atoms with Gasteiger partial charge in [0.25, 0.3) is 0 Å². The molecule has 0 spiro atoms. The van der Waals surface area contributed by atoms with Crippen LogP contribution in [0.3, 0.4) is 0 Å². The Morgan fingerprint density at radius 1 is 1.16 bits per heavy atom. The van der Waals surface area contributed by atoms with Crippen LogP contribution in [-0.2, 0) is 0 Å². The highest BCUT2D eigenvalue weighted by molar-refractivity contribution is 5.96. The fraction of sp³-hybridized carbons (Fsp3) is 0.438. The van der Waals surface area contributed by atoms with Crippen molar-refractivity contribution in [3.05, 3.63) is 30.5 Å². The molecular formula is C16H23N3. The second kappa shape index (κ2) is 5.91. The normalized spacial score (nSPS) is 12.8. The van der Waals surface area contributed by atoms with Crippen LogP contribution < -0.4 is 11.1 Å². The molecule has 1 unspecified atom stereocenters. The third kappa shape index (κ3) is 3.37. The van der Waals surface area contributed by atoms with E-state index in [1.54, 1.807) is 6.20 Å². The van der Waals surface area contributed by atoms with Gasteiger partial charge in [0, 0.05) is 17.6 Å². The standard InChI is InChI=1S/C16H23N3/c1-11(2)6-7-12(3)19-15-9-8-14-13(16(15)17)5-4-10-18-14/h4-5,8-12,19H,6-7,17H2,1-3H3. The number of aromatic nitrogens is 1. The van der Waals surface area contributed by atoms with Crippen LogP contribution in [0.2, 0.25) is 0 Å². The van der Waals surface area contributed by atoms with E-state index in [-0.39, 0.29) is 0 Å². The van der Waals surface area contributed by atoms with Gasteiger partial charge in [0.1, 0.15) is 0 Å². The Bertz CT molecular complexity index is 549. The first-order valence-corrected chi connectivity index (χ1v) is 6.97. The molecule has 0 saturated carbocycles. The fourth-order valence-electron chi connectivity index (χ4n) is 2.22. The number of benzene rings is 1. The molecule has 19 heavy (non-hydrogen) atoms. The lowest BCUT2D eigenvalue weighted by Gasteiger charge is -2.18. The van der Waals surface area contributed by atoms with Gasteiger partial charge in [-0.15, -0.1) is 0 Å². The third-order valence-corrected chi connectivity index (χ3v) is 3.41. The second-order valence-corrected chi connectivity index (χ2v) is 5.61. The molecule has 0 bridgehead atoms. The minimum atomic E-state index is 0.429. The number of pyridine rings is 1. The Balaban J connectivity index is 2.14. The van der Waals surface area contributed by atoms with Crippen molar-refractivity contribution in [1.29, 1.82) is 0 Å². The molecule has 1 aromatic carbocycles. The van der Waals surface area contributed by atoms with Gasteiger partial charge in [-0.3, -0.25) is 4.98 Å². The van der Waals surface area contributed by atoms with Crippen LogP contribution in [-0.4, -0.2) is 11.0 Å². The van der Waals surface area contributed by atoms with Crippen molar-refractivity contribution >= 4 is 22.3 Å². The maximum absolute atomic E-state index is 6.22. The molecule has 0 amide bonds. The lowest BCUT2D eigenvalue weighted by molar-refractivity contribution is 0.528. The smallest absolute Gasteiger partial charge is 0.0724 e. The molecule has 3 N–H and O–H groups in total. The highest BCUT2D eigenvalue weighted by Gasteiger charge is 2.08. The molecule has 0 aliphatic carbocycles. The molecule has 1 atom stereocenters. The van der Waals surface area contributed by atoms with Gasteiger partial charge in [0.05, 0.1) is 16.9 Å². The van der Waals surface area contributed by atoms with E-state index in [0.717, 1.165) is 34.6 Å². The summed E-state index contributed by atoms with van der Waals surface area (Å²) in [5, 5.41) is 4.52. The van der Waals surface area contributed by atoms with Gasteiger partial charge in [0.2, 0.25) is 0 Å². The van der Waals surface area contributed by atoms with E-state index in [9.17, 15) is 0 Å². The fourth-order valence-corrected chi connectivity index (χ4v) is 2.22. The molecule has 0 aliphatic heterocycles. The van der Waals surface area contributed by atoms with E-state index < -0.39 is 0 Å². The van der Waals surface area contributed by atoms with E-state index in [1.165, 1.54) is 6.42 Å². The monoisotopic (exact) mass is 257 g/mol. The number of nitrogens with one attached hydrogen (secondary N) is 1. The summed E-state index contributed by atoms with van der Waals surface area (Å²) >= 11 is 0. The molecule has 3 nitrogen and oxygen atoms in total. The van der Waals surface area contributed by atoms with Gasteiger partial charge in [0.15, 0.2) is 0 Å². The third-order valence-electron chi connectivity index (χ3n) is 3.41. The molecule has 2 rings (SSSR count). The molecule has 2 aromatic rings. The first-order valence-electron chi connectivity index (χ1n) is 6.97. The molecule has 1 heterocycles. The van der Waals surface area contributed by atoms with Crippen LogP contribution in [0, 0.1) is 5.92 Å². The minimum absolute atomic E-state index is 0.429. The van der Waals surface area contributed by atoms with Crippen molar-refractivity contribution in [1.82, 2.24) is 4.98 Å². The minimum Gasteiger partial charge on any atom is -0.397 e. The van der Waals surface area contributed by atoms with Gasteiger partial charge in [-0.1, -0.05) is 13.8 Å². The summed E-state index contributed by atoms with van der Waals surface area (Å²) < 4.78 is 0. The van der Waals surface area contributed by atoms with E-state index in [4.69, 9.17) is 5.73 Å². The van der Waals surface area contributed by atoms with E-state index in [1.807, 2.05) is 24.3 Å². The summed E-state index contributed by atoms with van der Waals surface area (Å²) in [7, 11) is 0. The zero-order valence-electron chi connectivity index (χ0n) is 12.0. The quantitative estimate of drug-likeness (QED) is 0.794. The first kappa shape index (κ1) is 13.7. The maximum atomic E-state index is 6.22. The second-order valence-electron chi connectivity index (χ2n) is 5.61. The summed E-state index contributed by atoms with van der Waals surface area (Å²) in [6.45, 7) is 6.71. The summed E-state index contributed by atoms with van der Waals surface area (Å²) in [4.78, 5) is 4.31. The van der Waals surface area contributed by atoms with Crippen LogP contribution in [0.4, 0.5) is 11.4 Å². The molecule has 0 saturated heterocycles. The number of anilines is 2. The molecule has 102 valence electrons. The highest BCUT2D eigenvalue weighted by Crippen LogP contribution is 2.28. The van der Waals surface area contributed by atoms with Crippen LogP contribution in [0.5, 0.6) is 0 Å². The first-order chi connectivity index (χ1) is 9.08. The average molecular weight is 257 g/mol. The molecule has 0 radical (unpaired) electrons. The number of hydrogen-bond acceptors (Lipinski definition) is 3. The van der Waals surface area contributed by atoms with E-state index >= 15 is 0 Å². The Hall–Kier alpha value is -1.77. The van der Waals surface area contributed by atoms with Gasteiger partial charge < -0.3 is 11.1 Å². The van der Waals surface area contributed by atoms with Crippen LogP contribution in [0.1, 0.15) is 33.6 Å². The van der Waals surface area contributed by atoms with Crippen molar-refractivity contribution in [2.24, 2.45) is 5.92 Å². The van der Waals surface area contributed by atoms with Gasteiger partial charge in [-0.05, 0) is 49.9 Å². The molecule has 0 aliphatic rings. The average Bonchev–Trinajstić information content (AvgIpc) is 2.40. The lowest BCUT2D eigenvalue weighted by atomic mass is 10.0. The summed E-state index contributed by atoms with van der Waals surface area (Å²) in [5.41, 5.74) is 8.97. The van der Waals surface area contributed by atoms with Gasteiger partial charge in [-0.2, -0.15) is 0 Å². The SMILES string of the molecule is CC(C)CCC(C)Nc1ccc2ncccc2c1N. The predicted octanol–water partition coefficient (Wildman–Crippen LogP) is 4.05. The van der Waals surface area contributed by atoms with E-state index in [2.05, 4.69) is 31.1 Å². The lowest BCUT2D eigenvalue weighted by Crippen LogP contribution is -2.16. The molecular weight excluding hydrogens is 234 g/mol. The van der Waals surface area contributed by atoms with Gasteiger partial charge >= 0.3 is 0 Å². The summed E-state index contributed by atoms with van der Waals surface area (Å²) in [6, 6.07) is 8.41. The zero-order chi connectivity index (χ0) is 13.8. The number of fused-ring (bicyclic) bond motifs is 1. The van der Waals surface area contributed by atoms with Crippen molar-refractivity contribution in [3.8, 4) is 0 Å². The molecule has 0 fully saturated rings. The molecule has 3 heteroatoms. The van der Waals surface area contributed by atoms with Gasteiger partial charge in [-0.25, -0.2) is 0 Å². The number of hydrogen-bond donors (Lipinski definition) is 2. The van der Waals surface area contributed by atoms with Crippen molar-refractivity contribution in [2.75, 3.05) is 11.1 Å². The number of rotatable bonds is 5. The Kier molecular flexibility index (Phi) is 4.25. The van der Waals surface area contributed by atoms with E-state index in [0.29, 0.717) is 6.04 Å². The number of nitrogens with two attached hydrogens (primary N) is 1. The zero-order valence-corrected chi connectivity index (χ0v) is 12.0. The highest BCUT2D eigenvalue weighted by atomic mass is 14.9.